The zero-order chi connectivity index (χ0) is 13.0. The van der Waals surface area contributed by atoms with Gasteiger partial charge in [0.2, 0.25) is 0 Å². The highest BCUT2D eigenvalue weighted by atomic mass is 35.5. The van der Waals surface area contributed by atoms with Crippen molar-refractivity contribution in [1.29, 1.82) is 0 Å². The van der Waals surface area contributed by atoms with E-state index in [9.17, 15) is 0 Å². The van der Waals surface area contributed by atoms with Crippen LogP contribution < -0.4 is 15.2 Å². The standard InChI is InChI=1S/C12H15ClN2O2S/c1-15-12(14)18-7-8-5-9(13)11-10(6-8)16-3-2-4-17-11/h5-6H,2-4,7H2,1H3,(H2,14,15). The summed E-state index contributed by atoms with van der Waals surface area (Å²) in [6.45, 7) is 1.29. The minimum atomic E-state index is 0.554. The van der Waals surface area contributed by atoms with Gasteiger partial charge in [-0.25, -0.2) is 0 Å². The van der Waals surface area contributed by atoms with Gasteiger partial charge in [0.25, 0.3) is 0 Å². The summed E-state index contributed by atoms with van der Waals surface area (Å²) in [6, 6.07) is 3.83. The number of aliphatic imine (C=N–C) groups is 1. The van der Waals surface area contributed by atoms with Gasteiger partial charge in [-0.2, -0.15) is 0 Å². The molecule has 18 heavy (non-hydrogen) atoms. The third-order valence-corrected chi connectivity index (χ3v) is 3.71. The Morgan fingerprint density at radius 3 is 3.00 bits per heavy atom. The quantitative estimate of drug-likeness (QED) is 0.671. The second kappa shape index (κ2) is 6.20. The summed E-state index contributed by atoms with van der Waals surface area (Å²) in [6.07, 6.45) is 0.866. The zero-order valence-corrected chi connectivity index (χ0v) is 11.7. The molecule has 0 aliphatic carbocycles. The van der Waals surface area contributed by atoms with E-state index in [0.717, 1.165) is 12.0 Å². The molecule has 1 aromatic carbocycles. The Labute approximate surface area is 116 Å². The second-order valence-electron chi connectivity index (χ2n) is 3.81. The van der Waals surface area contributed by atoms with Crippen molar-refractivity contribution in [2.75, 3.05) is 20.3 Å². The van der Waals surface area contributed by atoms with Crippen LogP contribution in [-0.4, -0.2) is 25.4 Å². The number of fused-ring (bicyclic) bond motifs is 1. The molecule has 0 spiro atoms. The van der Waals surface area contributed by atoms with Crippen molar-refractivity contribution >= 4 is 28.5 Å². The van der Waals surface area contributed by atoms with Crippen LogP contribution in [0.2, 0.25) is 5.02 Å². The van der Waals surface area contributed by atoms with E-state index in [4.69, 9.17) is 26.8 Å². The average molecular weight is 287 g/mol. The van der Waals surface area contributed by atoms with Crippen LogP contribution in [0.1, 0.15) is 12.0 Å². The van der Waals surface area contributed by atoms with Crippen molar-refractivity contribution in [3.8, 4) is 11.5 Å². The molecule has 1 heterocycles. The maximum Gasteiger partial charge on any atom is 0.179 e. The number of thioether (sulfide) groups is 1. The van der Waals surface area contributed by atoms with Crippen LogP contribution in [0.15, 0.2) is 17.1 Å². The molecule has 0 bridgehead atoms. The molecule has 4 nitrogen and oxygen atoms in total. The molecule has 2 N–H and O–H groups in total. The highest BCUT2D eigenvalue weighted by Gasteiger charge is 2.15. The maximum atomic E-state index is 6.19. The fraction of sp³-hybridized carbons (Fsp3) is 0.417. The first kappa shape index (κ1) is 13.4. The fourth-order valence-corrected chi connectivity index (χ4v) is 2.49. The molecule has 6 heteroatoms. The lowest BCUT2D eigenvalue weighted by atomic mass is 10.2. The van der Waals surface area contributed by atoms with Crippen LogP contribution in [0.25, 0.3) is 0 Å². The highest BCUT2D eigenvalue weighted by molar-refractivity contribution is 8.13. The smallest absolute Gasteiger partial charge is 0.179 e. The minimum absolute atomic E-state index is 0.554. The Kier molecular flexibility index (Phi) is 4.60. The first-order chi connectivity index (χ1) is 8.70. The lowest BCUT2D eigenvalue weighted by molar-refractivity contribution is 0.297. The molecule has 0 atom stereocenters. The van der Waals surface area contributed by atoms with Crippen molar-refractivity contribution in [3.63, 3.8) is 0 Å². The minimum Gasteiger partial charge on any atom is -0.489 e. The molecular weight excluding hydrogens is 272 g/mol. The van der Waals surface area contributed by atoms with Gasteiger partial charge in [-0.3, -0.25) is 4.99 Å². The molecule has 0 amide bonds. The van der Waals surface area contributed by atoms with Crippen molar-refractivity contribution in [2.24, 2.45) is 10.7 Å². The molecule has 1 aliphatic rings. The summed E-state index contributed by atoms with van der Waals surface area (Å²) in [5.74, 6) is 2.06. The van der Waals surface area contributed by atoms with Crippen molar-refractivity contribution < 1.29 is 9.47 Å². The summed E-state index contributed by atoms with van der Waals surface area (Å²) in [5.41, 5.74) is 6.69. The average Bonchev–Trinajstić information content (AvgIpc) is 2.61. The normalized spacial score (nSPS) is 15.3. The molecule has 98 valence electrons. The Balaban J connectivity index is 2.18. The summed E-state index contributed by atoms with van der Waals surface area (Å²) in [4.78, 5) is 3.90. The molecule has 0 saturated heterocycles. The Morgan fingerprint density at radius 2 is 2.22 bits per heavy atom. The van der Waals surface area contributed by atoms with Crippen LogP contribution in [0.5, 0.6) is 11.5 Å². The number of amidine groups is 1. The molecule has 0 unspecified atom stereocenters. The predicted molar refractivity (Wildman–Crippen MR) is 75.9 cm³/mol. The molecule has 2 rings (SSSR count). The number of ether oxygens (including phenoxy) is 2. The molecule has 0 aromatic heterocycles. The van der Waals surface area contributed by atoms with Crippen LogP contribution in [0.3, 0.4) is 0 Å². The number of hydrogen-bond donors (Lipinski definition) is 1. The van der Waals surface area contributed by atoms with Gasteiger partial charge in [0.05, 0.1) is 18.2 Å². The fourth-order valence-electron chi connectivity index (χ4n) is 1.59. The molecular formula is C12H15ClN2O2S. The highest BCUT2D eigenvalue weighted by Crippen LogP contribution is 2.38. The number of halogens is 1. The summed E-state index contributed by atoms with van der Waals surface area (Å²) >= 11 is 7.66. The largest absolute Gasteiger partial charge is 0.489 e. The van der Waals surface area contributed by atoms with Crippen LogP contribution >= 0.6 is 23.4 Å². The zero-order valence-electron chi connectivity index (χ0n) is 10.1. The number of benzene rings is 1. The first-order valence-electron chi connectivity index (χ1n) is 5.64. The lowest BCUT2D eigenvalue weighted by Gasteiger charge is -2.11. The van der Waals surface area contributed by atoms with Crippen molar-refractivity contribution in [2.45, 2.75) is 12.2 Å². The monoisotopic (exact) mass is 286 g/mol. The van der Waals surface area contributed by atoms with Gasteiger partial charge in [-0.05, 0) is 17.7 Å². The Bertz CT molecular complexity index is 466. The van der Waals surface area contributed by atoms with E-state index in [0.29, 0.717) is 40.7 Å². The summed E-state index contributed by atoms with van der Waals surface area (Å²) in [7, 11) is 1.67. The summed E-state index contributed by atoms with van der Waals surface area (Å²) in [5, 5.41) is 1.13. The van der Waals surface area contributed by atoms with E-state index < -0.39 is 0 Å². The van der Waals surface area contributed by atoms with Gasteiger partial charge >= 0.3 is 0 Å². The third kappa shape index (κ3) is 3.23. The van der Waals surface area contributed by atoms with E-state index >= 15 is 0 Å². The first-order valence-corrected chi connectivity index (χ1v) is 7.00. The molecule has 0 radical (unpaired) electrons. The number of nitrogens with zero attached hydrogens (tertiary/aromatic N) is 1. The van der Waals surface area contributed by atoms with Gasteiger partial charge in [0.15, 0.2) is 16.7 Å². The Hall–Kier alpha value is -1.07. The maximum absolute atomic E-state index is 6.19. The van der Waals surface area contributed by atoms with Gasteiger partial charge in [-0.1, -0.05) is 23.4 Å². The van der Waals surface area contributed by atoms with E-state index in [1.165, 1.54) is 11.8 Å². The molecule has 1 aromatic rings. The van der Waals surface area contributed by atoms with Crippen LogP contribution in [0, 0.1) is 0 Å². The van der Waals surface area contributed by atoms with Crippen LogP contribution in [0.4, 0.5) is 0 Å². The van der Waals surface area contributed by atoms with Crippen molar-refractivity contribution in [1.82, 2.24) is 0 Å². The number of nitrogens with two attached hydrogens (primary N) is 1. The molecule has 1 aliphatic heterocycles. The van der Waals surface area contributed by atoms with Gasteiger partial charge in [0, 0.05) is 19.2 Å². The van der Waals surface area contributed by atoms with E-state index in [2.05, 4.69) is 4.99 Å². The van der Waals surface area contributed by atoms with E-state index in [1.54, 1.807) is 7.05 Å². The van der Waals surface area contributed by atoms with E-state index in [1.807, 2.05) is 12.1 Å². The SMILES string of the molecule is CN=C(N)SCc1cc(Cl)c2c(c1)OCCCO2. The van der Waals surface area contributed by atoms with Crippen LogP contribution in [-0.2, 0) is 5.75 Å². The van der Waals surface area contributed by atoms with Gasteiger partial charge < -0.3 is 15.2 Å². The topological polar surface area (TPSA) is 56.8 Å². The van der Waals surface area contributed by atoms with E-state index in [-0.39, 0.29) is 0 Å². The Morgan fingerprint density at radius 1 is 1.44 bits per heavy atom. The lowest BCUT2D eigenvalue weighted by Crippen LogP contribution is -2.06. The van der Waals surface area contributed by atoms with Gasteiger partial charge in [-0.15, -0.1) is 0 Å². The number of hydrogen-bond acceptors (Lipinski definition) is 4. The third-order valence-electron chi connectivity index (χ3n) is 2.47. The summed E-state index contributed by atoms with van der Waals surface area (Å²) < 4.78 is 11.2. The van der Waals surface area contributed by atoms with Crippen molar-refractivity contribution in [3.05, 3.63) is 22.7 Å². The number of rotatable bonds is 2. The molecule has 0 fully saturated rings. The molecule has 0 saturated carbocycles. The predicted octanol–water partition coefficient (Wildman–Crippen LogP) is 2.68. The second-order valence-corrected chi connectivity index (χ2v) is 5.21. The van der Waals surface area contributed by atoms with Gasteiger partial charge in [0.1, 0.15) is 0 Å².